The van der Waals surface area contributed by atoms with Gasteiger partial charge in [-0.15, -0.1) is 0 Å². The van der Waals surface area contributed by atoms with Crippen LogP contribution in [0.2, 0.25) is 0 Å². The summed E-state index contributed by atoms with van der Waals surface area (Å²) < 4.78 is 39.9. The van der Waals surface area contributed by atoms with Gasteiger partial charge in [0, 0.05) is 18.9 Å². The van der Waals surface area contributed by atoms with Crippen LogP contribution in [0.5, 0.6) is 0 Å². The minimum absolute atomic E-state index is 0.0708. The summed E-state index contributed by atoms with van der Waals surface area (Å²) in [5.41, 5.74) is 0.601. The van der Waals surface area contributed by atoms with Crippen LogP contribution in [-0.2, 0) is 6.18 Å². The molecule has 1 aromatic carbocycles. The van der Waals surface area contributed by atoms with E-state index >= 15 is 0 Å². The lowest BCUT2D eigenvalue weighted by Gasteiger charge is -2.25. The fourth-order valence-electron chi connectivity index (χ4n) is 3.26. The molecular weight excluding hydrogens is 347 g/mol. The summed E-state index contributed by atoms with van der Waals surface area (Å²) in [6, 6.07) is 5.64. The zero-order chi connectivity index (χ0) is 18.9. The third-order valence-electron chi connectivity index (χ3n) is 4.45. The first-order chi connectivity index (χ1) is 12.3. The first-order valence-electron chi connectivity index (χ1n) is 8.16. The van der Waals surface area contributed by atoms with Crippen molar-refractivity contribution >= 4 is 17.5 Å². The number of hydrogen-bond acceptors (Lipinski definition) is 3. The number of fused-ring (bicyclic) bond motifs is 1. The number of aryl methyl sites for hydroxylation is 1. The van der Waals surface area contributed by atoms with Crippen molar-refractivity contribution in [1.29, 1.82) is 0 Å². The predicted molar refractivity (Wildman–Crippen MR) is 91.4 cm³/mol. The molecule has 1 aromatic heterocycles. The number of nitrogens with one attached hydrogen (secondary N) is 1. The fourth-order valence-corrected chi connectivity index (χ4v) is 3.26. The second kappa shape index (κ2) is 6.86. The molecule has 2 aromatic rings. The van der Waals surface area contributed by atoms with Gasteiger partial charge < -0.3 is 10.4 Å². The summed E-state index contributed by atoms with van der Waals surface area (Å²) in [5, 5.41) is 12.7. The van der Waals surface area contributed by atoms with E-state index in [1.165, 1.54) is 13.0 Å². The summed E-state index contributed by atoms with van der Waals surface area (Å²) in [7, 11) is 0. The minimum atomic E-state index is -4.54. The Balaban J connectivity index is 2.10. The number of nitrogens with zero attached hydrogens (tertiary/aromatic N) is 2. The number of pyridine rings is 1. The Labute approximate surface area is 148 Å². The molecule has 0 spiro atoms. The highest BCUT2D eigenvalue weighted by atomic mass is 19.4. The maximum atomic E-state index is 13.3. The van der Waals surface area contributed by atoms with Crippen molar-refractivity contribution in [2.75, 3.05) is 16.8 Å². The SMILES string of the molecule is Cc1cc2c(cc1C(F)(F)F)N(C(=O)O)CCCC2Nc1cccnc1. The van der Waals surface area contributed by atoms with Crippen LogP contribution in [0.1, 0.15) is 35.6 Å². The molecule has 2 heterocycles. The second-order valence-corrected chi connectivity index (χ2v) is 6.24. The van der Waals surface area contributed by atoms with Crippen LogP contribution >= 0.6 is 0 Å². The minimum Gasteiger partial charge on any atom is -0.465 e. The van der Waals surface area contributed by atoms with Crippen molar-refractivity contribution in [3.05, 3.63) is 53.3 Å². The van der Waals surface area contributed by atoms with Gasteiger partial charge in [0.15, 0.2) is 0 Å². The molecule has 2 N–H and O–H groups in total. The van der Waals surface area contributed by atoms with E-state index in [1.807, 2.05) is 6.07 Å². The Morgan fingerprint density at radius 2 is 2.15 bits per heavy atom. The molecule has 0 aliphatic carbocycles. The number of halogens is 3. The average Bonchev–Trinajstić information content (AvgIpc) is 2.74. The third-order valence-corrected chi connectivity index (χ3v) is 4.45. The van der Waals surface area contributed by atoms with E-state index in [-0.39, 0.29) is 23.8 Å². The summed E-state index contributed by atoms with van der Waals surface area (Å²) in [5.74, 6) is 0. The first-order valence-corrected chi connectivity index (χ1v) is 8.16. The van der Waals surface area contributed by atoms with Crippen LogP contribution in [0.25, 0.3) is 0 Å². The van der Waals surface area contributed by atoms with Crippen molar-refractivity contribution in [3.8, 4) is 0 Å². The smallest absolute Gasteiger partial charge is 0.416 e. The molecule has 0 saturated heterocycles. The van der Waals surface area contributed by atoms with Gasteiger partial charge in [-0.1, -0.05) is 6.07 Å². The lowest BCUT2D eigenvalue weighted by molar-refractivity contribution is -0.138. The largest absolute Gasteiger partial charge is 0.465 e. The molecule has 3 rings (SSSR count). The maximum absolute atomic E-state index is 13.3. The highest BCUT2D eigenvalue weighted by Crippen LogP contribution is 2.41. The summed E-state index contributed by atoms with van der Waals surface area (Å²) >= 11 is 0. The van der Waals surface area contributed by atoms with Crippen LogP contribution in [-0.4, -0.2) is 22.7 Å². The highest BCUT2D eigenvalue weighted by molar-refractivity contribution is 5.88. The van der Waals surface area contributed by atoms with Gasteiger partial charge in [0.1, 0.15) is 0 Å². The Bertz CT molecular complexity index is 809. The number of carbonyl (C=O) groups is 1. The summed E-state index contributed by atoms with van der Waals surface area (Å²) in [6.45, 7) is 1.54. The van der Waals surface area contributed by atoms with Crippen molar-refractivity contribution < 1.29 is 23.1 Å². The van der Waals surface area contributed by atoms with E-state index in [0.29, 0.717) is 18.4 Å². The lowest BCUT2D eigenvalue weighted by atomic mass is 9.96. The highest BCUT2D eigenvalue weighted by Gasteiger charge is 2.36. The zero-order valence-corrected chi connectivity index (χ0v) is 14.0. The van der Waals surface area contributed by atoms with E-state index in [1.54, 1.807) is 18.5 Å². The molecule has 0 radical (unpaired) electrons. The van der Waals surface area contributed by atoms with Gasteiger partial charge in [-0.2, -0.15) is 13.2 Å². The van der Waals surface area contributed by atoms with Crippen LogP contribution in [0.4, 0.5) is 29.3 Å². The molecule has 26 heavy (non-hydrogen) atoms. The van der Waals surface area contributed by atoms with Crippen molar-refractivity contribution in [2.45, 2.75) is 32.0 Å². The van der Waals surface area contributed by atoms with Crippen molar-refractivity contribution in [1.82, 2.24) is 4.98 Å². The van der Waals surface area contributed by atoms with E-state index in [4.69, 9.17) is 0 Å². The number of anilines is 2. The molecule has 0 fully saturated rings. The summed E-state index contributed by atoms with van der Waals surface area (Å²) in [4.78, 5) is 16.6. The average molecular weight is 365 g/mol. The number of alkyl halides is 3. The number of rotatable bonds is 2. The van der Waals surface area contributed by atoms with E-state index in [9.17, 15) is 23.1 Å². The van der Waals surface area contributed by atoms with Gasteiger partial charge in [-0.05, 0) is 49.1 Å². The number of amides is 1. The van der Waals surface area contributed by atoms with Gasteiger partial charge >= 0.3 is 12.3 Å². The van der Waals surface area contributed by atoms with Gasteiger partial charge in [-0.25, -0.2) is 4.79 Å². The third kappa shape index (κ3) is 3.58. The molecule has 0 saturated carbocycles. The van der Waals surface area contributed by atoms with E-state index in [2.05, 4.69) is 10.3 Å². The number of benzene rings is 1. The molecule has 8 heteroatoms. The quantitative estimate of drug-likeness (QED) is 0.799. The number of hydrogen-bond donors (Lipinski definition) is 2. The summed E-state index contributed by atoms with van der Waals surface area (Å²) in [6.07, 6.45) is -1.43. The van der Waals surface area contributed by atoms with E-state index in [0.717, 1.165) is 16.7 Å². The molecule has 0 bridgehead atoms. The number of aromatic nitrogens is 1. The van der Waals surface area contributed by atoms with Crippen LogP contribution in [0.3, 0.4) is 0 Å². The Hall–Kier alpha value is -2.77. The maximum Gasteiger partial charge on any atom is 0.416 e. The molecule has 1 atom stereocenters. The first kappa shape index (κ1) is 18.0. The second-order valence-electron chi connectivity index (χ2n) is 6.24. The Morgan fingerprint density at radius 1 is 1.38 bits per heavy atom. The standard InChI is InChI=1S/C18H18F3N3O2/c1-11-8-13-15(23-12-4-2-6-22-10-12)5-3-7-24(17(25)26)16(13)9-14(11)18(19,20)21/h2,4,6,8-10,15,23H,3,5,7H2,1H3,(H,25,26). The van der Waals surface area contributed by atoms with Gasteiger partial charge in [0.05, 0.1) is 23.0 Å². The van der Waals surface area contributed by atoms with Crippen LogP contribution in [0.15, 0.2) is 36.7 Å². The predicted octanol–water partition coefficient (Wildman–Crippen LogP) is 4.84. The fraction of sp³-hybridized carbons (Fsp3) is 0.333. The lowest BCUT2D eigenvalue weighted by Crippen LogP contribution is -2.30. The van der Waals surface area contributed by atoms with Gasteiger partial charge in [0.25, 0.3) is 0 Å². The van der Waals surface area contributed by atoms with Crippen molar-refractivity contribution in [2.24, 2.45) is 0 Å². The van der Waals surface area contributed by atoms with Gasteiger partial charge in [0.2, 0.25) is 0 Å². The topological polar surface area (TPSA) is 65.5 Å². The monoisotopic (exact) mass is 365 g/mol. The zero-order valence-electron chi connectivity index (χ0n) is 14.0. The van der Waals surface area contributed by atoms with Crippen LogP contribution < -0.4 is 10.2 Å². The molecular formula is C18H18F3N3O2. The molecule has 5 nitrogen and oxygen atoms in total. The molecule has 138 valence electrons. The molecule has 1 aliphatic heterocycles. The van der Waals surface area contributed by atoms with Crippen molar-refractivity contribution in [3.63, 3.8) is 0 Å². The molecule has 1 aliphatic rings. The Morgan fingerprint density at radius 3 is 2.77 bits per heavy atom. The Kier molecular flexibility index (Phi) is 4.76. The van der Waals surface area contributed by atoms with Gasteiger partial charge in [-0.3, -0.25) is 9.88 Å². The van der Waals surface area contributed by atoms with Crippen LogP contribution in [0, 0.1) is 6.92 Å². The van der Waals surface area contributed by atoms with E-state index < -0.39 is 17.8 Å². The molecule has 1 amide bonds. The normalized spacial score (nSPS) is 17.4. The molecule has 1 unspecified atom stereocenters. The number of carboxylic acid groups (broad SMARTS) is 1.